The third-order valence-corrected chi connectivity index (χ3v) is 5.66. The molecule has 1 aliphatic carbocycles. The van der Waals surface area contributed by atoms with E-state index < -0.39 is 11.9 Å². The summed E-state index contributed by atoms with van der Waals surface area (Å²) in [6, 6.07) is 18.6. The van der Waals surface area contributed by atoms with E-state index in [1.807, 2.05) is 24.3 Å². The first-order valence-electron chi connectivity index (χ1n) is 9.40. The maximum Gasteiger partial charge on any atom is 0.307 e. The van der Waals surface area contributed by atoms with E-state index in [-0.39, 0.29) is 5.92 Å². The third-order valence-electron chi connectivity index (χ3n) is 5.66. The molecule has 2 N–H and O–H groups in total. The lowest BCUT2D eigenvalue weighted by Crippen LogP contribution is -2.33. The average Bonchev–Trinajstić information content (AvgIpc) is 2.70. The molecule has 1 fully saturated rings. The van der Waals surface area contributed by atoms with Crippen molar-refractivity contribution in [3.63, 3.8) is 0 Å². The van der Waals surface area contributed by atoms with Crippen LogP contribution in [-0.2, 0) is 4.79 Å². The molecule has 0 saturated heterocycles. The Bertz CT molecular complexity index is 1050. The zero-order valence-electron chi connectivity index (χ0n) is 15.1. The zero-order valence-corrected chi connectivity index (χ0v) is 15.1. The standard InChI is InChI=1S/C23H22N2O2/c24-14-25-22(18-9-3-4-10-20(18)23(26)27)19-11-5-8-17-12-15-6-1-2-7-16(15)13-21(17)19/h1-2,5-8,11-14,18,20,24H,3-4,9-10H2,(H,26,27)/t18-,20-/m0/s1. The van der Waals surface area contributed by atoms with Gasteiger partial charge in [-0.3, -0.25) is 10.2 Å². The van der Waals surface area contributed by atoms with E-state index in [1.54, 1.807) is 0 Å². The van der Waals surface area contributed by atoms with E-state index >= 15 is 0 Å². The highest BCUT2D eigenvalue weighted by Crippen LogP contribution is 2.35. The molecule has 0 spiro atoms. The van der Waals surface area contributed by atoms with Crippen LogP contribution in [0, 0.1) is 17.2 Å². The van der Waals surface area contributed by atoms with Crippen LogP contribution in [0.25, 0.3) is 21.5 Å². The monoisotopic (exact) mass is 358 g/mol. The van der Waals surface area contributed by atoms with E-state index in [2.05, 4.69) is 35.3 Å². The molecular weight excluding hydrogens is 336 g/mol. The van der Waals surface area contributed by atoms with Gasteiger partial charge in [0.05, 0.1) is 11.6 Å². The Labute approximate surface area is 158 Å². The van der Waals surface area contributed by atoms with Gasteiger partial charge in [-0.1, -0.05) is 55.3 Å². The molecule has 0 aromatic heterocycles. The minimum atomic E-state index is -0.761. The fraction of sp³-hybridized carbons (Fsp3) is 0.261. The number of hydrogen-bond donors (Lipinski definition) is 2. The molecule has 1 saturated carbocycles. The van der Waals surface area contributed by atoms with Crippen molar-refractivity contribution in [3.05, 3.63) is 60.2 Å². The minimum absolute atomic E-state index is 0.157. The van der Waals surface area contributed by atoms with E-state index in [0.717, 1.165) is 53.0 Å². The van der Waals surface area contributed by atoms with Crippen LogP contribution in [0.5, 0.6) is 0 Å². The molecule has 4 heteroatoms. The van der Waals surface area contributed by atoms with Gasteiger partial charge in [0.15, 0.2) is 0 Å². The van der Waals surface area contributed by atoms with Crippen molar-refractivity contribution in [2.45, 2.75) is 25.7 Å². The summed E-state index contributed by atoms with van der Waals surface area (Å²) in [6.45, 7) is 0. The van der Waals surface area contributed by atoms with Gasteiger partial charge in [0.2, 0.25) is 0 Å². The summed E-state index contributed by atoms with van der Waals surface area (Å²) in [5.41, 5.74) is 1.68. The van der Waals surface area contributed by atoms with Crippen LogP contribution in [0.15, 0.2) is 59.6 Å². The second-order valence-corrected chi connectivity index (χ2v) is 7.21. The summed E-state index contributed by atoms with van der Waals surface area (Å²) >= 11 is 0. The molecule has 0 unspecified atom stereocenters. The Morgan fingerprint density at radius 2 is 1.63 bits per heavy atom. The van der Waals surface area contributed by atoms with Gasteiger partial charge in [0.1, 0.15) is 6.34 Å². The second-order valence-electron chi connectivity index (χ2n) is 7.21. The van der Waals surface area contributed by atoms with Gasteiger partial charge in [-0.05, 0) is 46.5 Å². The molecule has 3 aromatic rings. The maximum atomic E-state index is 11.8. The predicted molar refractivity (Wildman–Crippen MR) is 110 cm³/mol. The Morgan fingerprint density at radius 1 is 0.963 bits per heavy atom. The Balaban J connectivity index is 1.91. The number of nitrogens with zero attached hydrogens (tertiary/aromatic N) is 1. The highest BCUT2D eigenvalue weighted by atomic mass is 16.4. The summed E-state index contributed by atoms with van der Waals surface area (Å²) in [5, 5.41) is 21.8. The minimum Gasteiger partial charge on any atom is -0.481 e. The fourth-order valence-electron chi connectivity index (χ4n) is 4.38. The van der Waals surface area contributed by atoms with Gasteiger partial charge in [0.25, 0.3) is 0 Å². The number of nitrogens with one attached hydrogen (secondary N) is 1. The maximum absolute atomic E-state index is 11.8. The first-order chi connectivity index (χ1) is 13.2. The normalized spacial score (nSPS) is 20.7. The lowest BCUT2D eigenvalue weighted by molar-refractivity contribution is -0.143. The molecule has 0 amide bonds. The molecule has 136 valence electrons. The smallest absolute Gasteiger partial charge is 0.307 e. The van der Waals surface area contributed by atoms with Gasteiger partial charge in [-0.25, -0.2) is 4.99 Å². The first kappa shape index (κ1) is 17.4. The van der Waals surface area contributed by atoms with Crippen LogP contribution in [0.2, 0.25) is 0 Å². The van der Waals surface area contributed by atoms with Crippen molar-refractivity contribution in [1.82, 2.24) is 0 Å². The number of carboxylic acids is 1. The average molecular weight is 358 g/mol. The SMILES string of the molecule is N=CN=C(c1cccc2cc3ccccc3cc12)[C@H]1CCCC[C@@H]1C(=O)O. The lowest BCUT2D eigenvalue weighted by atomic mass is 9.74. The molecule has 4 rings (SSSR count). The number of rotatable bonds is 4. The number of fused-ring (bicyclic) bond motifs is 2. The second kappa shape index (κ2) is 7.31. The van der Waals surface area contributed by atoms with Crippen LogP contribution < -0.4 is 0 Å². The molecule has 2 atom stereocenters. The van der Waals surface area contributed by atoms with Crippen molar-refractivity contribution in [1.29, 1.82) is 5.41 Å². The van der Waals surface area contributed by atoms with Crippen molar-refractivity contribution in [2.24, 2.45) is 16.8 Å². The van der Waals surface area contributed by atoms with Crippen molar-refractivity contribution >= 4 is 39.6 Å². The highest BCUT2D eigenvalue weighted by Gasteiger charge is 2.35. The first-order valence-corrected chi connectivity index (χ1v) is 9.40. The van der Waals surface area contributed by atoms with E-state index in [4.69, 9.17) is 5.41 Å². The van der Waals surface area contributed by atoms with Crippen molar-refractivity contribution < 1.29 is 9.90 Å². The molecule has 27 heavy (non-hydrogen) atoms. The Morgan fingerprint density at radius 3 is 2.33 bits per heavy atom. The largest absolute Gasteiger partial charge is 0.481 e. The Hall–Kier alpha value is -3.01. The van der Waals surface area contributed by atoms with Crippen LogP contribution in [0.1, 0.15) is 31.2 Å². The molecule has 3 aromatic carbocycles. The molecule has 4 nitrogen and oxygen atoms in total. The summed E-state index contributed by atoms with van der Waals surface area (Å²) in [5.74, 6) is -1.36. The number of aliphatic imine (C=N–C) groups is 1. The van der Waals surface area contributed by atoms with Crippen LogP contribution >= 0.6 is 0 Å². The Kier molecular flexibility index (Phi) is 4.71. The van der Waals surface area contributed by atoms with E-state index in [1.165, 1.54) is 5.39 Å². The van der Waals surface area contributed by atoms with Gasteiger partial charge in [-0.2, -0.15) is 0 Å². The number of aliphatic carboxylic acids is 1. The van der Waals surface area contributed by atoms with E-state index in [0.29, 0.717) is 6.42 Å². The van der Waals surface area contributed by atoms with Gasteiger partial charge in [0, 0.05) is 11.5 Å². The summed E-state index contributed by atoms with van der Waals surface area (Å²) < 4.78 is 0. The molecule has 1 aliphatic rings. The molecule has 0 bridgehead atoms. The van der Waals surface area contributed by atoms with Crippen molar-refractivity contribution in [3.8, 4) is 0 Å². The highest BCUT2D eigenvalue weighted by molar-refractivity contribution is 6.16. The van der Waals surface area contributed by atoms with Crippen LogP contribution in [0.4, 0.5) is 0 Å². The number of hydrogen-bond acceptors (Lipinski definition) is 2. The molecular formula is C23H22N2O2. The summed E-state index contributed by atoms with van der Waals surface area (Å²) in [4.78, 5) is 16.2. The van der Waals surface area contributed by atoms with Gasteiger partial charge >= 0.3 is 5.97 Å². The molecule has 0 heterocycles. The van der Waals surface area contributed by atoms with Gasteiger partial charge in [-0.15, -0.1) is 0 Å². The quantitative estimate of drug-likeness (QED) is 0.378. The summed E-state index contributed by atoms with van der Waals surface area (Å²) in [6.07, 6.45) is 4.45. The van der Waals surface area contributed by atoms with E-state index in [9.17, 15) is 9.90 Å². The number of benzene rings is 3. The van der Waals surface area contributed by atoms with Gasteiger partial charge < -0.3 is 5.11 Å². The summed E-state index contributed by atoms with van der Waals surface area (Å²) in [7, 11) is 0. The molecule has 0 aliphatic heterocycles. The fourth-order valence-corrected chi connectivity index (χ4v) is 4.38. The number of carbonyl (C=O) groups is 1. The molecule has 0 radical (unpaired) electrons. The van der Waals surface area contributed by atoms with Crippen LogP contribution in [0.3, 0.4) is 0 Å². The lowest BCUT2D eigenvalue weighted by Gasteiger charge is -2.30. The van der Waals surface area contributed by atoms with Crippen LogP contribution in [-0.4, -0.2) is 23.1 Å². The third kappa shape index (κ3) is 3.23. The number of carboxylic acid groups (broad SMARTS) is 1. The predicted octanol–water partition coefficient (Wildman–Crippen LogP) is 5.28. The van der Waals surface area contributed by atoms with Crippen molar-refractivity contribution in [2.75, 3.05) is 0 Å². The zero-order chi connectivity index (χ0) is 18.8. The topological polar surface area (TPSA) is 73.5 Å².